The van der Waals surface area contributed by atoms with Crippen molar-refractivity contribution in [1.82, 2.24) is 9.97 Å². The molecule has 21 heavy (non-hydrogen) atoms. The summed E-state index contributed by atoms with van der Waals surface area (Å²) in [6, 6.07) is 7.87. The summed E-state index contributed by atoms with van der Waals surface area (Å²) in [6.07, 6.45) is 8.57. The average molecular weight is 295 g/mol. The molecule has 0 aliphatic rings. The quantitative estimate of drug-likeness (QED) is 0.451. The topological polar surface area (TPSA) is 58.4 Å². The van der Waals surface area contributed by atoms with Crippen molar-refractivity contribution in [2.75, 3.05) is 0 Å². The number of rotatable bonds is 3. The molecular formula is C16H13N3OS. The molecule has 0 bridgehead atoms. The van der Waals surface area contributed by atoms with E-state index in [0.717, 1.165) is 32.0 Å². The van der Waals surface area contributed by atoms with Gasteiger partial charge in [-0.15, -0.1) is 11.3 Å². The standard InChI is InChI=1S/C16H13N3OS/c1-11-14(10-19-20)16(13-4-8-18-9-5-13)21-15(11)12-2-6-17-7-3-12/h2-10,20H,1H3. The van der Waals surface area contributed by atoms with Crippen LogP contribution in [0, 0.1) is 6.92 Å². The molecule has 3 heterocycles. The smallest absolute Gasteiger partial charge is 0.0751 e. The average Bonchev–Trinajstić information content (AvgIpc) is 2.87. The molecule has 0 saturated heterocycles. The Kier molecular flexibility index (Phi) is 3.75. The lowest BCUT2D eigenvalue weighted by Gasteiger charge is -1.99. The molecule has 3 aromatic heterocycles. The predicted octanol–water partition coefficient (Wildman–Crippen LogP) is 3.99. The largest absolute Gasteiger partial charge is 0.411 e. The number of hydrogen-bond donors (Lipinski definition) is 1. The number of thiophene rings is 1. The zero-order valence-corrected chi connectivity index (χ0v) is 12.2. The summed E-state index contributed by atoms with van der Waals surface area (Å²) < 4.78 is 0. The van der Waals surface area contributed by atoms with Gasteiger partial charge in [0.05, 0.1) is 6.21 Å². The van der Waals surface area contributed by atoms with Gasteiger partial charge in [-0.05, 0) is 47.9 Å². The number of hydrogen-bond acceptors (Lipinski definition) is 5. The Balaban J connectivity index is 2.21. The van der Waals surface area contributed by atoms with Gasteiger partial charge in [0.25, 0.3) is 0 Å². The third kappa shape index (κ3) is 2.55. The van der Waals surface area contributed by atoms with Crippen LogP contribution in [-0.2, 0) is 0 Å². The highest BCUT2D eigenvalue weighted by Crippen LogP contribution is 2.40. The van der Waals surface area contributed by atoms with Crippen LogP contribution in [0.25, 0.3) is 20.9 Å². The molecule has 0 aromatic carbocycles. The van der Waals surface area contributed by atoms with Gasteiger partial charge in [-0.25, -0.2) is 0 Å². The minimum absolute atomic E-state index is 0.931. The van der Waals surface area contributed by atoms with Crippen molar-refractivity contribution in [3.8, 4) is 20.9 Å². The molecule has 0 atom stereocenters. The summed E-state index contributed by atoms with van der Waals surface area (Å²) in [7, 11) is 0. The molecule has 0 amide bonds. The van der Waals surface area contributed by atoms with Crippen molar-refractivity contribution in [1.29, 1.82) is 0 Å². The van der Waals surface area contributed by atoms with Crippen LogP contribution in [0.15, 0.2) is 54.2 Å². The molecule has 0 fully saturated rings. The van der Waals surface area contributed by atoms with Crippen LogP contribution in [0.2, 0.25) is 0 Å². The molecule has 5 heteroatoms. The summed E-state index contributed by atoms with van der Waals surface area (Å²) in [4.78, 5) is 10.3. The minimum atomic E-state index is 0.931. The second-order valence-corrected chi connectivity index (χ2v) is 5.54. The number of nitrogens with zero attached hydrogens (tertiary/aromatic N) is 3. The van der Waals surface area contributed by atoms with E-state index < -0.39 is 0 Å². The number of pyridine rings is 2. The highest BCUT2D eigenvalue weighted by atomic mass is 32.1. The summed E-state index contributed by atoms with van der Waals surface area (Å²) in [6.45, 7) is 2.04. The van der Waals surface area contributed by atoms with E-state index in [-0.39, 0.29) is 0 Å². The van der Waals surface area contributed by atoms with Crippen LogP contribution < -0.4 is 0 Å². The summed E-state index contributed by atoms with van der Waals surface area (Å²) in [5.74, 6) is 0. The lowest BCUT2D eigenvalue weighted by molar-refractivity contribution is 0.322. The fourth-order valence-corrected chi connectivity index (χ4v) is 3.53. The first kappa shape index (κ1) is 13.5. The molecular weight excluding hydrogens is 282 g/mol. The Morgan fingerprint density at radius 2 is 1.48 bits per heavy atom. The Hall–Kier alpha value is -2.53. The van der Waals surface area contributed by atoms with E-state index in [1.165, 1.54) is 6.21 Å². The van der Waals surface area contributed by atoms with Crippen LogP contribution in [-0.4, -0.2) is 21.4 Å². The van der Waals surface area contributed by atoms with Gasteiger partial charge in [-0.3, -0.25) is 9.97 Å². The molecule has 3 aromatic rings. The first-order chi connectivity index (χ1) is 10.3. The van der Waals surface area contributed by atoms with Gasteiger partial charge in [0.15, 0.2) is 0 Å². The van der Waals surface area contributed by atoms with Crippen LogP contribution in [0.3, 0.4) is 0 Å². The van der Waals surface area contributed by atoms with Gasteiger partial charge in [-0.1, -0.05) is 5.16 Å². The molecule has 0 aliphatic carbocycles. The monoisotopic (exact) mass is 295 g/mol. The van der Waals surface area contributed by atoms with Crippen LogP contribution in [0.1, 0.15) is 11.1 Å². The lowest BCUT2D eigenvalue weighted by atomic mass is 10.0. The van der Waals surface area contributed by atoms with Crippen molar-refractivity contribution in [3.63, 3.8) is 0 Å². The number of aromatic nitrogens is 2. The maximum absolute atomic E-state index is 8.95. The van der Waals surface area contributed by atoms with E-state index in [2.05, 4.69) is 15.1 Å². The van der Waals surface area contributed by atoms with Gasteiger partial charge in [0.1, 0.15) is 0 Å². The van der Waals surface area contributed by atoms with Crippen LogP contribution >= 0.6 is 11.3 Å². The van der Waals surface area contributed by atoms with E-state index >= 15 is 0 Å². The zero-order valence-electron chi connectivity index (χ0n) is 11.4. The minimum Gasteiger partial charge on any atom is -0.411 e. The Bertz CT molecular complexity index is 767. The highest BCUT2D eigenvalue weighted by molar-refractivity contribution is 7.19. The molecule has 0 radical (unpaired) electrons. The molecule has 0 saturated carbocycles. The second-order valence-electron chi connectivity index (χ2n) is 4.52. The lowest BCUT2D eigenvalue weighted by Crippen LogP contribution is -1.86. The van der Waals surface area contributed by atoms with E-state index in [4.69, 9.17) is 5.21 Å². The van der Waals surface area contributed by atoms with Crippen LogP contribution in [0.5, 0.6) is 0 Å². The predicted molar refractivity (Wildman–Crippen MR) is 84.9 cm³/mol. The molecule has 1 N–H and O–H groups in total. The first-order valence-corrected chi connectivity index (χ1v) is 7.24. The molecule has 104 valence electrons. The SMILES string of the molecule is Cc1c(-c2ccncc2)sc(-c2ccncc2)c1C=NO. The van der Waals surface area contributed by atoms with E-state index in [1.807, 2.05) is 31.2 Å². The molecule has 0 unspecified atom stereocenters. The Morgan fingerprint density at radius 3 is 2.00 bits per heavy atom. The van der Waals surface area contributed by atoms with Crippen molar-refractivity contribution >= 4 is 17.6 Å². The van der Waals surface area contributed by atoms with Gasteiger partial charge in [0, 0.05) is 40.1 Å². The van der Waals surface area contributed by atoms with E-state index in [9.17, 15) is 0 Å². The Labute approximate surface area is 126 Å². The molecule has 0 spiro atoms. The van der Waals surface area contributed by atoms with Crippen molar-refractivity contribution in [2.24, 2.45) is 5.16 Å². The molecule has 0 aliphatic heterocycles. The zero-order chi connectivity index (χ0) is 14.7. The van der Waals surface area contributed by atoms with Crippen LogP contribution in [0.4, 0.5) is 0 Å². The third-order valence-corrected chi connectivity index (χ3v) is 4.67. The fraction of sp³-hybridized carbons (Fsp3) is 0.0625. The van der Waals surface area contributed by atoms with Crippen molar-refractivity contribution in [3.05, 3.63) is 60.2 Å². The first-order valence-electron chi connectivity index (χ1n) is 6.43. The Morgan fingerprint density at radius 1 is 0.952 bits per heavy atom. The van der Waals surface area contributed by atoms with Crippen molar-refractivity contribution in [2.45, 2.75) is 6.92 Å². The normalized spacial score (nSPS) is 11.1. The van der Waals surface area contributed by atoms with Gasteiger partial charge < -0.3 is 5.21 Å². The number of oxime groups is 1. The highest BCUT2D eigenvalue weighted by Gasteiger charge is 2.16. The van der Waals surface area contributed by atoms with Crippen molar-refractivity contribution < 1.29 is 5.21 Å². The molecule has 3 rings (SSSR count). The summed E-state index contributed by atoms with van der Waals surface area (Å²) >= 11 is 1.67. The maximum atomic E-state index is 8.95. The summed E-state index contributed by atoms with van der Waals surface area (Å²) in [5, 5.41) is 12.2. The van der Waals surface area contributed by atoms with Gasteiger partial charge in [-0.2, -0.15) is 0 Å². The molecule has 4 nitrogen and oxygen atoms in total. The van der Waals surface area contributed by atoms with Gasteiger partial charge in [0.2, 0.25) is 0 Å². The summed E-state index contributed by atoms with van der Waals surface area (Å²) in [5.41, 5.74) is 4.20. The maximum Gasteiger partial charge on any atom is 0.0751 e. The van der Waals surface area contributed by atoms with E-state index in [0.29, 0.717) is 0 Å². The van der Waals surface area contributed by atoms with E-state index in [1.54, 1.807) is 36.1 Å². The third-order valence-electron chi connectivity index (χ3n) is 3.27. The second kappa shape index (κ2) is 5.85. The fourth-order valence-electron chi connectivity index (χ4n) is 2.24. The van der Waals surface area contributed by atoms with Gasteiger partial charge >= 0.3 is 0 Å².